The molecule has 1 aliphatic carbocycles. The van der Waals surface area contributed by atoms with E-state index in [0.717, 1.165) is 38.1 Å². The first-order valence-corrected chi connectivity index (χ1v) is 15.2. The van der Waals surface area contributed by atoms with E-state index in [2.05, 4.69) is 19.8 Å². The molecule has 6 heterocycles. The van der Waals surface area contributed by atoms with Crippen molar-refractivity contribution < 1.29 is 18.7 Å². The molecule has 2 aromatic rings. The fourth-order valence-electron chi connectivity index (χ4n) is 8.26. The highest BCUT2D eigenvalue weighted by Crippen LogP contribution is 2.51. The highest BCUT2D eigenvalue weighted by atomic mass is 35.5. The Kier molecular flexibility index (Phi) is 6.31. The maximum absolute atomic E-state index is 15.3. The van der Waals surface area contributed by atoms with E-state index < -0.39 is 11.4 Å². The quantitative estimate of drug-likeness (QED) is 0.463. The van der Waals surface area contributed by atoms with Crippen molar-refractivity contribution in [2.24, 2.45) is 5.92 Å². The Balaban J connectivity index is 1.17. The zero-order valence-corrected chi connectivity index (χ0v) is 24.3. The second-order valence-corrected chi connectivity index (χ2v) is 13.8. The molecule has 0 aromatic carbocycles. The third kappa shape index (κ3) is 4.37. The minimum absolute atomic E-state index is 0.0147. The van der Waals surface area contributed by atoms with Gasteiger partial charge in [-0.2, -0.15) is 9.97 Å². The van der Waals surface area contributed by atoms with Gasteiger partial charge in [0.25, 0.3) is 0 Å². The topological polar surface area (TPSA) is 83.9 Å². The molecule has 4 saturated heterocycles. The number of fused-ring (bicyclic) bond motifs is 6. The number of rotatable bonds is 4. The molecular weight excluding hydrogens is 535 g/mol. The number of pyridine rings is 1. The van der Waals surface area contributed by atoms with Gasteiger partial charge in [-0.05, 0) is 78.2 Å². The van der Waals surface area contributed by atoms with E-state index in [9.17, 15) is 4.79 Å². The van der Waals surface area contributed by atoms with Crippen molar-refractivity contribution in [3.63, 3.8) is 0 Å². The number of carbonyl (C=O) groups is 1. The van der Waals surface area contributed by atoms with Gasteiger partial charge in [0.2, 0.25) is 0 Å². The predicted octanol–water partition coefficient (Wildman–Crippen LogP) is 5.19. The Morgan fingerprint density at radius 2 is 1.93 bits per heavy atom. The lowest BCUT2D eigenvalue weighted by molar-refractivity contribution is 0.0122. The summed E-state index contributed by atoms with van der Waals surface area (Å²) in [5.74, 6) is 0.656. The van der Waals surface area contributed by atoms with Crippen LogP contribution < -0.4 is 9.64 Å². The first-order valence-electron chi connectivity index (χ1n) is 14.8. The summed E-state index contributed by atoms with van der Waals surface area (Å²) in [6, 6.07) is 0.802. The first kappa shape index (κ1) is 26.4. The van der Waals surface area contributed by atoms with Crippen LogP contribution in [0.3, 0.4) is 0 Å². The van der Waals surface area contributed by atoms with Crippen molar-refractivity contribution in [3.8, 4) is 6.01 Å². The summed E-state index contributed by atoms with van der Waals surface area (Å²) in [6.45, 7) is 8.39. The molecule has 1 amide bonds. The zero-order chi connectivity index (χ0) is 27.8. The van der Waals surface area contributed by atoms with Gasteiger partial charge in [0, 0.05) is 25.3 Å². The highest BCUT2D eigenvalue weighted by molar-refractivity contribution is 6.30. The van der Waals surface area contributed by atoms with Crippen molar-refractivity contribution in [2.75, 3.05) is 31.1 Å². The van der Waals surface area contributed by atoms with Crippen LogP contribution in [0, 0.1) is 11.7 Å². The molecule has 40 heavy (non-hydrogen) atoms. The minimum atomic E-state index is -0.668. The maximum atomic E-state index is 15.3. The van der Waals surface area contributed by atoms with Gasteiger partial charge in [-0.25, -0.2) is 14.2 Å². The van der Waals surface area contributed by atoms with Crippen LogP contribution in [0.5, 0.6) is 6.01 Å². The number of hydrogen-bond donors (Lipinski definition) is 0. The molecule has 11 heteroatoms. The fourth-order valence-corrected chi connectivity index (χ4v) is 8.39. The molecule has 5 atom stereocenters. The van der Waals surface area contributed by atoms with Gasteiger partial charge in [0.1, 0.15) is 23.5 Å². The molecule has 1 saturated carbocycles. The number of nitrogens with zero attached hydrogens (tertiary/aromatic N) is 6. The third-order valence-electron chi connectivity index (χ3n) is 9.77. The van der Waals surface area contributed by atoms with Crippen LogP contribution in [0.1, 0.15) is 72.1 Å². The molecule has 2 unspecified atom stereocenters. The molecular formula is C29H38ClFN6O3. The standard InChI is InChI=1S/C29H38ClFN6O3/c1-28(2,3)40-27(38)37-18-8-9-19(37)15-35(14-18)25-20-13-32-24(30)22(31)23(20)33-26(34-25)39-16-29-10-5-11-36(29)21-7-4-6-17(21)12-29/h13,17-19,21H,4-12,14-16H2,1-3H3/t17-,18?,19?,21-,29+/m1/s1. The largest absolute Gasteiger partial charge is 0.461 e. The van der Waals surface area contributed by atoms with E-state index in [1.807, 2.05) is 25.7 Å². The average Bonchev–Trinajstić information content (AvgIpc) is 3.63. The van der Waals surface area contributed by atoms with Gasteiger partial charge < -0.3 is 14.4 Å². The Bertz CT molecular complexity index is 1330. The molecule has 216 valence electrons. The molecule has 9 nitrogen and oxygen atoms in total. The van der Waals surface area contributed by atoms with Gasteiger partial charge in [0.15, 0.2) is 11.0 Å². The molecule has 2 bridgehead atoms. The van der Waals surface area contributed by atoms with Gasteiger partial charge in [-0.15, -0.1) is 0 Å². The number of piperazine rings is 1. The molecule has 4 aliphatic heterocycles. The first-order chi connectivity index (χ1) is 19.1. The van der Waals surface area contributed by atoms with Crippen molar-refractivity contribution >= 4 is 34.4 Å². The summed E-state index contributed by atoms with van der Waals surface area (Å²) in [6.07, 6.45) is 10.4. The van der Waals surface area contributed by atoms with E-state index in [4.69, 9.17) is 26.1 Å². The zero-order valence-electron chi connectivity index (χ0n) is 23.5. The molecule has 2 aromatic heterocycles. The van der Waals surface area contributed by atoms with Crippen LogP contribution in [0.15, 0.2) is 6.20 Å². The predicted molar refractivity (Wildman–Crippen MR) is 149 cm³/mol. The Hall–Kier alpha value is -2.46. The van der Waals surface area contributed by atoms with Crippen molar-refractivity contribution in [1.82, 2.24) is 24.8 Å². The van der Waals surface area contributed by atoms with Crippen LogP contribution >= 0.6 is 11.6 Å². The molecule has 5 aliphatic rings. The van der Waals surface area contributed by atoms with Crippen molar-refractivity contribution in [3.05, 3.63) is 17.2 Å². The Labute approximate surface area is 239 Å². The average molecular weight is 573 g/mol. The van der Waals surface area contributed by atoms with Crippen LogP contribution in [0.4, 0.5) is 15.0 Å². The maximum Gasteiger partial charge on any atom is 0.410 e. The number of halogens is 2. The monoisotopic (exact) mass is 572 g/mol. The summed E-state index contributed by atoms with van der Waals surface area (Å²) in [5.41, 5.74) is -0.427. The second-order valence-electron chi connectivity index (χ2n) is 13.4. The molecule has 0 radical (unpaired) electrons. The van der Waals surface area contributed by atoms with Crippen LogP contribution in [0.25, 0.3) is 10.9 Å². The van der Waals surface area contributed by atoms with Crippen molar-refractivity contribution in [1.29, 1.82) is 0 Å². The highest BCUT2D eigenvalue weighted by Gasteiger charge is 2.55. The van der Waals surface area contributed by atoms with Crippen molar-refractivity contribution in [2.45, 2.75) is 101 Å². The SMILES string of the molecule is CC(C)(C)OC(=O)N1C2CCC1CN(c1nc(OC[C@@]34CCCN3[C@@H]3CCC[C@@H]3C4)nc3c(F)c(Cl)ncc13)C2. The van der Waals surface area contributed by atoms with Gasteiger partial charge >= 0.3 is 12.1 Å². The lowest BCUT2D eigenvalue weighted by atomic mass is 9.90. The summed E-state index contributed by atoms with van der Waals surface area (Å²) in [4.78, 5) is 33.1. The Morgan fingerprint density at radius 1 is 1.15 bits per heavy atom. The van der Waals surface area contributed by atoms with E-state index in [-0.39, 0.29) is 40.4 Å². The number of carbonyl (C=O) groups excluding carboxylic acids is 1. The lowest BCUT2D eigenvalue weighted by Crippen LogP contribution is -2.57. The van der Waals surface area contributed by atoms with Crippen LogP contribution in [-0.4, -0.2) is 86.4 Å². The van der Waals surface area contributed by atoms with Gasteiger partial charge in [-0.3, -0.25) is 9.80 Å². The number of aromatic nitrogens is 3. The van der Waals surface area contributed by atoms with Crippen LogP contribution in [0.2, 0.25) is 5.15 Å². The molecule has 0 spiro atoms. The summed E-state index contributed by atoms with van der Waals surface area (Å²) in [7, 11) is 0. The smallest absolute Gasteiger partial charge is 0.410 e. The van der Waals surface area contributed by atoms with E-state index in [1.54, 1.807) is 0 Å². The molecule has 5 fully saturated rings. The van der Waals surface area contributed by atoms with Gasteiger partial charge in [-0.1, -0.05) is 18.0 Å². The fraction of sp³-hybridized carbons (Fsp3) is 0.724. The van der Waals surface area contributed by atoms with E-state index >= 15 is 4.39 Å². The van der Waals surface area contributed by atoms with E-state index in [0.29, 0.717) is 36.9 Å². The molecule has 0 N–H and O–H groups in total. The number of amides is 1. The summed E-state index contributed by atoms with van der Waals surface area (Å²) < 4.78 is 27.4. The Morgan fingerprint density at radius 3 is 2.67 bits per heavy atom. The number of hydrogen-bond acceptors (Lipinski definition) is 8. The normalized spacial score (nSPS) is 31.6. The van der Waals surface area contributed by atoms with Crippen LogP contribution in [-0.2, 0) is 4.74 Å². The number of ether oxygens (including phenoxy) is 2. The van der Waals surface area contributed by atoms with E-state index in [1.165, 1.54) is 31.9 Å². The number of anilines is 1. The minimum Gasteiger partial charge on any atom is -0.461 e. The second kappa shape index (κ2) is 9.54. The summed E-state index contributed by atoms with van der Waals surface area (Å²) in [5, 5.41) is 0.275. The molecule has 7 rings (SSSR count). The lowest BCUT2D eigenvalue weighted by Gasteiger charge is -2.42. The third-order valence-corrected chi connectivity index (χ3v) is 10.0. The van der Waals surface area contributed by atoms with Gasteiger partial charge in [0.05, 0.1) is 23.0 Å². The summed E-state index contributed by atoms with van der Waals surface area (Å²) >= 11 is 6.08.